The molecule has 0 radical (unpaired) electrons. The van der Waals surface area contributed by atoms with E-state index in [0.717, 1.165) is 44.3 Å². The Balaban J connectivity index is 1.79. The van der Waals surface area contributed by atoms with Crippen LogP contribution in [-0.2, 0) is 14.3 Å². The number of nitrogens with one attached hydrogen (secondary N) is 1. The first-order valence-electron chi connectivity index (χ1n) is 9.29. The summed E-state index contributed by atoms with van der Waals surface area (Å²) in [6.07, 6.45) is 5.46. The first-order valence-corrected chi connectivity index (χ1v) is 9.29. The second kappa shape index (κ2) is 9.94. The molecule has 2 amide bonds. The van der Waals surface area contributed by atoms with Gasteiger partial charge in [-0.2, -0.15) is 0 Å². The summed E-state index contributed by atoms with van der Waals surface area (Å²) in [6, 6.07) is 6.30. The summed E-state index contributed by atoms with van der Waals surface area (Å²) in [5.41, 5.74) is 1.45. The Labute approximate surface area is 154 Å². The van der Waals surface area contributed by atoms with Crippen molar-refractivity contribution in [1.82, 2.24) is 10.2 Å². The van der Waals surface area contributed by atoms with Gasteiger partial charge in [0, 0.05) is 18.7 Å². The highest BCUT2D eigenvalue weighted by Gasteiger charge is 2.21. The quantitative estimate of drug-likeness (QED) is 0.819. The van der Waals surface area contributed by atoms with Crippen molar-refractivity contribution >= 4 is 17.8 Å². The van der Waals surface area contributed by atoms with Crippen LogP contribution in [0.25, 0.3) is 0 Å². The van der Waals surface area contributed by atoms with E-state index >= 15 is 0 Å². The van der Waals surface area contributed by atoms with Crippen LogP contribution in [0.3, 0.4) is 0 Å². The van der Waals surface area contributed by atoms with Crippen LogP contribution in [0.2, 0.25) is 0 Å². The Kier molecular flexibility index (Phi) is 7.63. The molecule has 1 heterocycles. The fourth-order valence-corrected chi connectivity index (χ4v) is 2.97. The summed E-state index contributed by atoms with van der Waals surface area (Å²) in [7, 11) is 0. The van der Waals surface area contributed by atoms with Crippen molar-refractivity contribution in [3.05, 3.63) is 35.4 Å². The lowest BCUT2D eigenvalue weighted by Crippen LogP contribution is -2.42. The molecule has 142 valence electrons. The lowest BCUT2D eigenvalue weighted by Gasteiger charge is -2.24. The molecular formula is C20H28N2O4. The smallest absolute Gasteiger partial charge is 0.328 e. The van der Waals surface area contributed by atoms with E-state index in [-0.39, 0.29) is 18.4 Å². The molecule has 6 nitrogen and oxygen atoms in total. The number of esters is 1. The maximum Gasteiger partial charge on any atom is 0.328 e. The fraction of sp³-hybridized carbons (Fsp3) is 0.550. The van der Waals surface area contributed by atoms with Crippen LogP contribution in [0.4, 0.5) is 0 Å². The third kappa shape index (κ3) is 6.17. The Morgan fingerprint density at radius 1 is 1.12 bits per heavy atom. The molecule has 1 saturated heterocycles. The van der Waals surface area contributed by atoms with Gasteiger partial charge in [-0.3, -0.25) is 9.59 Å². The topological polar surface area (TPSA) is 75.7 Å². The molecule has 0 bridgehead atoms. The minimum atomic E-state index is -0.817. The van der Waals surface area contributed by atoms with Crippen molar-refractivity contribution < 1.29 is 19.1 Å². The zero-order chi connectivity index (χ0) is 18.9. The number of carbonyl (C=O) groups excluding carboxylic acids is 3. The van der Waals surface area contributed by atoms with E-state index in [4.69, 9.17) is 4.74 Å². The summed E-state index contributed by atoms with van der Waals surface area (Å²) in [5.74, 6) is -1.11. The predicted octanol–water partition coefficient (Wildman–Crippen LogP) is 2.45. The second-order valence-corrected chi connectivity index (χ2v) is 6.82. The van der Waals surface area contributed by atoms with Gasteiger partial charge < -0.3 is 15.0 Å². The summed E-state index contributed by atoms with van der Waals surface area (Å²) in [4.78, 5) is 38.3. The van der Waals surface area contributed by atoms with Gasteiger partial charge in [0.15, 0.2) is 6.61 Å². The minimum absolute atomic E-state index is 0.169. The maximum atomic E-state index is 12.2. The van der Waals surface area contributed by atoms with E-state index in [1.54, 1.807) is 30.0 Å². The Bertz CT molecular complexity index is 636. The molecule has 0 spiro atoms. The number of likely N-dealkylation sites (tertiary alicyclic amines) is 1. The highest BCUT2D eigenvalue weighted by atomic mass is 16.5. The van der Waals surface area contributed by atoms with Crippen LogP contribution in [0.1, 0.15) is 54.9 Å². The number of ether oxygens (including phenoxy) is 1. The normalized spacial score (nSPS) is 16.2. The van der Waals surface area contributed by atoms with E-state index in [1.807, 2.05) is 13.0 Å². The van der Waals surface area contributed by atoms with Gasteiger partial charge in [0.05, 0.1) is 0 Å². The van der Waals surface area contributed by atoms with Crippen LogP contribution in [0, 0.1) is 6.92 Å². The summed E-state index contributed by atoms with van der Waals surface area (Å²) in [6.45, 7) is 4.61. The largest absolute Gasteiger partial charge is 0.454 e. The number of aryl methyl sites for hydroxylation is 1. The number of benzene rings is 1. The van der Waals surface area contributed by atoms with Gasteiger partial charge >= 0.3 is 5.97 Å². The number of hydrogen-bond acceptors (Lipinski definition) is 4. The molecule has 1 aliphatic heterocycles. The van der Waals surface area contributed by atoms with Gasteiger partial charge in [-0.25, -0.2) is 4.79 Å². The van der Waals surface area contributed by atoms with Gasteiger partial charge in [0.25, 0.3) is 11.8 Å². The summed E-state index contributed by atoms with van der Waals surface area (Å²) >= 11 is 0. The van der Waals surface area contributed by atoms with Crippen LogP contribution < -0.4 is 5.32 Å². The monoisotopic (exact) mass is 360 g/mol. The van der Waals surface area contributed by atoms with Crippen molar-refractivity contribution in [1.29, 1.82) is 0 Å². The van der Waals surface area contributed by atoms with E-state index in [9.17, 15) is 14.4 Å². The molecule has 26 heavy (non-hydrogen) atoms. The van der Waals surface area contributed by atoms with Gasteiger partial charge in [0.1, 0.15) is 6.04 Å². The third-order valence-corrected chi connectivity index (χ3v) is 4.53. The maximum absolute atomic E-state index is 12.2. The summed E-state index contributed by atoms with van der Waals surface area (Å²) in [5, 5.41) is 2.61. The molecule has 1 aromatic carbocycles. The molecule has 1 fully saturated rings. The first-order chi connectivity index (χ1) is 12.5. The molecular weight excluding hydrogens is 332 g/mol. The minimum Gasteiger partial charge on any atom is -0.454 e. The molecule has 6 heteroatoms. The zero-order valence-corrected chi connectivity index (χ0v) is 15.6. The fourth-order valence-electron chi connectivity index (χ4n) is 2.97. The van der Waals surface area contributed by atoms with Gasteiger partial charge in [-0.1, -0.05) is 37.0 Å². The lowest BCUT2D eigenvalue weighted by molar-refractivity contribution is -0.153. The van der Waals surface area contributed by atoms with Crippen LogP contribution >= 0.6 is 0 Å². The number of nitrogens with zero attached hydrogens (tertiary/aromatic N) is 1. The molecule has 0 saturated carbocycles. The summed E-state index contributed by atoms with van der Waals surface area (Å²) < 4.78 is 5.11. The molecule has 1 atom stereocenters. The average Bonchev–Trinajstić information content (AvgIpc) is 2.59. The number of carbonyl (C=O) groups is 3. The van der Waals surface area contributed by atoms with Gasteiger partial charge in [-0.05, 0) is 38.8 Å². The Morgan fingerprint density at radius 2 is 1.77 bits per heavy atom. The van der Waals surface area contributed by atoms with Crippen molar-refractivity contribution in [2.24, 2.45) is 0 Å². The predicted molar refractivity (Wildman–Crippen MR) is 98.7 cm³/mol. The molecule has 2 rings (SSSR count). The van der Waals surface area contributed by atoms with E-state index < -0.39 is 12.0 Å². The van der Waals surface area contributed by atoms with Crippen LogP contribution in [0.5, 0.6) is 0 Å². The highest BCUT2D eigenvalue weighted by molar-refractivity contribution is 5.97. The molecule has 1 N–H and O–H groups in total. The van der Waals surface area contributed by atoms with E-state index in [2.05, 4.69) is 5.32 Å². The van der Waals surface area contributed by atoms with Gasteiger partial charge in [0.2, 0.25) is 0 Å². The first kappa shape index (κ1) is 19.9. The van der Waals surface area contributed by atoms with Crippen molar-refractivity contribution in [3.63, 3.8) is 0 Å². The molecule has 1 aromatic rings. The second-order valence-electron chi connectivity index (χ2n) is 6.82. The van der Waals surface area contributed by atoms with E-state index in [1.165, 1.54) is 6.42 Å². The Hall–Kier alpha value is -2.37. The van der Waals surface area contributed by atoms with Gasteiger partial charge in [-0.15, -0.1) is 0 Å². The standard InChI is InChI=1S/C20H28N2O4/c1-15-9-8-10-17(13-15)19(24)21-16(2)20(25)26-14-18(23)22-11-6-4-3-5-7-12-22/h8-10,13,16H,3-7,11-12,14H2,1-2H3,(H,21,24)/t16-/m0/s1. The number of hydrogen-bond donors (Lipinski definition) is 1. The molecule has 0 aromatic heterocycles. The molecule has 0 aliphatic carbocycles. The average molecular weight is 360 g/mol. The SMILES string of the molecule is Cc1cccc(C(=O)N[C@@H](C)C(=O)OCC(=O)N2CCCCCCC2)c1. The number of rotatable bonds is 5. The lowest BCUT2D eigenvalue weighted by atomic mass is 10.1. The Morgan fingerprint density at radius 3 is 2.42 bits per heavy atom. The highest BCUT2D eigenvalue weighted by Crippen LogP contribution is 2.10. The number of amides is 2. The van der Waals surface area contributed by atoms with E-state index in [0.29, 0.717) is 5.56 Å². The van der Waals surface area contributed by atoms with Crippen molar-refractivity contribution in [2.75, 3.05) is 19.7 Å². The molecule has 1 aliphatic rings. The van der Waals surface area contributed by atoms with Crippen molar-refractivity contribution in [3.8, 4) is 0 Å². The molecule has 0 unspecified atom stereocenters. The zero-order valence-electron chi connectivity index (χ0n) is 15.6. The van der Waals surface area contributed by atoms with Crippen molar-refractivity contribution in [2.45, 2.75) is 52.0 Å². The third-order valence-electron chi connectivity index (χ3n) is 4.53. The van der Waals surface area contributed by atoms with Crippen LogP contribution in [0.15, 0.2) is 24.3 Å². The van der Waals surface area contributed by atoms with Crippen LogP contribution in [-0.4, -0.2) is 48.4 Å².